The number of carbonyl (C=O) groups is 1. The minimum absolute atomic E-state index is 0. The number of halogens is 1. The Morgan fingerprint density at radius 2 is 1.97 bits per heavy atom. The zero-order chi connectivity index (χ0) is 19.7. The summed E-state index contributed by atoms with van der Waals surface area (Å²) in [7, 11) is 1.80. The van der Waals surface area contributed by atoms with E-state index < -0.39 is 0 Å². The van der Waals surface area contributed by atoms with Crippen LogP contribution in [-0.2, 0) is 22.6 Å². The summed E-state index contributed by atoms with van der Waals surface area (Å²) in [5.74, 6) is 1.63. The lowest BCUT2D eigenvalue weighted by molar-refractivity contribution is -0.131. The highest BCUT2D eigenvalue weighted by atomic mass is 127. The van der Waals surface area contributed by atoms with Crippen molar-refractivity contribution in [3.8, 4) is 0 Å². The molecule has 3 atom stereocenters. The van der Waals surface area contributed by atoms with Crippen LogP contribution >= 0.6 is 24.0 Å². The van der Waals surface area contributed by atoms with Gasteiger partial charge in [-0.3, -0.25) is 9.79 Å². The van der Waals surface area contributed by atoms with Crippen molar-refractivity contribution in [2.24, 2.45) is 16.3 Å². The molecule has 1 amide bonds. The van der Waals surface area contributed by atoms with Gasteiger partial charge in [0.15, 0.2) is 5.96 Å². The van der Waals surface area contributed by atoms with Crippen molar-refractivity contribution in [3.05, 3.63) is 35.4 Å². The minimum atomic E-state index is 0. The third kappa shape index (κ3) is 4.40. The Balaban J connectivity index is 0.00000240. The molecule has 0 spiro atoms. The second-order valence-corrected chi connectivity index (χ2v) is 8.81. The summed E-state index contributed by atoms with van der Waals surface area (Å²) >= 11 is 0. The van der Waals surface area contributed by atoms with E-state index in [1.165, 1.54) is 11.1 Å². The van der Waals surface area contributed by atoms with E-state index in [0.29, 0.717) is 24.5 Å². The molecule has 6 nitrogen and oxygen atoms in total. The van der Waals surface area contributed by atoms with E-state index in [4.69, 9.17) is 4.74 Å². The summed E-state index contributed by atoms with van der Waals surface area (Å²) in [6.45, 7) is 7.61. The van der Waals surface area contributed by atoms with E-state index >= 15 is 0 Å². The Bertz CT molecular complexity index is 742. The first-order valence-electron chi connectivity index (χ1n) is 10.4. The van der Waals surface area contributed by atoms with Gasteiger partial charge in [0.05, 0.1) is 6.10 Å². The van der Waals surface area contributed by atoms with Gasteiger partial charge in [-0.25, -0.2) is 0 Å². The normalized spacial score (nSPS) is 26.8. The summed E-state index contributed by atoms with van der Waals surface area (Å²) in [6, 6.07) is 8.69. The quantitative estimate of drug-likeness (QED) is 0.276. The van der Waals surface area contributed by atoms with Crippen LogP contribution in [0, 0.1) is 11.3 Å². The highest BCUT2D eigenvalue weighted by Crippen LogP contribution is 2.52. The fourth-order valence-corrected chi connectivity index (χ4v) is 5.07. The zero-order valence-electron chi connectivity index (χ0n) is 17.6. The van der Waals surface area contributed by atoms with Crippen molar-refractivity contribution in [1.82, 2.24) is 15.5 Å². The second kappa shape index (κ2) is 9.20. The number of nitrogens with zero attached hydrogens (tertiary/aromatic N) is 2. The number of rotatable bonds is 5. The molecule has 1 aromatic carbocycles. The average molecular weight is 512 g/mol. The number of benzene rings is 1. The summed E-state index contributed by atoms with van der Waals surface area (Å²) < 4.78 is 5.87. The highest BCUT2D eigenvalue weighted by Gasteiger charge is 2.59. The van der Waals surface area contributed by atoms with Gasteiger partial charge in [-0.2, -0.15) is 0 Å². The Kier molecular flexibility index (Phi) is 7.09. The van der Waals surface area contributed by atoms with E-state index in [0.717, 1.165) is 45.0 Å². The molecule has 3 aliphatic rings. The molecule has 1 saturated carbocycles. The van der Waals surface area contributed by atoms with Gasteiger partial charge in [-0.05, 0) is 24.0 Å². The third-order valence-electron chi connectivity index (χ3n) is 6.67. The van der Waals surface area contributed by atoms with E-state index in [1.54, 1.807) is 7.05 Å². The van der Waals surface area contributed by atoms with E-state index in [1.807, 2.05) is 17.0 Å². The predicted molar refractivity (Wildman–Crippen MR) is 125 cm³/mol. The topological polar surface area (TPSA) is 66.0 Å². The lowest BCUT2D eigenvalue weighted by Crippen LogP contribution is -2.67. The van der Waals surface area contributed by atoms with Crippen LogP contribution < -0.4 is 10.6 Å². The van der Waals surface area contributed by atoms with Crippen molar-refractivity contribution in [3.63, 3.8) is 0 Å². The van der Waals surface area contributed by atoms with Crippen molar-refractivity contribution in [2.75, 3.05) is 20.2 Å². The van der Waals surface area contributed by atoms with Gasteiger partial charge in [0.2, 0.25) is 5.91 Å². The number of carbonyl (C=O) groups excluding carboxylic acids is 1. The van der Waals surface area contributed by atoms with Gasteiger partial charge in [0.1, 0.15) is 0 Å². The maximum absolute atomic E-state index is 12.5. The molecule has 2 aliphatic heterocycles. The molecule has 2 N–H and O–H groups in total. The monoisotopic (exact) mass is 512 g/mol. The summed E-state index contributed by atoms with van der Waals surface area (Å²) in [4.78, 5) is 18.8. The van der Waals surface area contributed by atoms with Gasteiger partial charge in [0, 0.05) is 57.1 Å². The van der Waals surface area contributed by atoms with Crippen LogP contribution in [0.3, 0.4) is 0 Å². The Hall–Kier alpha value is -1.35. The van der Waals surface area contributed by atoms with Crippen LogP contribution in [0.2, 0.25) is 0 Å². The highest BCUT2D eigenvalue weighted by molar-refractivity contribution is 14.0. The number of hydrogen-bond acceptors (Lipinski definition) is 3. The SMILES string of the molecule is CN=C(NCCCC(=O)N1Cc2ccccc2C1)NC1C2CCOC2C1(C)C.I. The molecular weight excluding hydrogens is 479 g/mol. The molecule has 0 radical (unpaired) electrons. The van der Waals surface area contributed by atoms with Crippen LogP contribution in [-0.4, -0.2) is 49.1 Å². The van der Waals surface area contributed by atoms with Gasteiger partial charge in [-0.1, -0.05) is 38.1 Å². The first kappa shape index (κ1) is 22.3. The molecule has 160 valence electrons. The van der Waals surface area contributed by atoms with Gasteiger partial charge >= 0.3 is 0 Å². The van der Waals surface area contributed by atoms with Crippen LogP contribution in [0.15, 0.2) is 29.3 Å². The summed E-state index contributed by atoms with van der Waals surface area (Å²) in [5.41, 5.74) is 2.67. The first-order chi connectivity index (χ1) is 13.5. The molecule has 3 unspecified atom stereocenters. The standard InChI is InChI=1S/C22H32N4O2.HI/c1-22(2)19(17-10-12-28-20(17)22)25-21(23-3)24-11-6-9-18(27)26-13-15-7-4-5-8-16(15)14-26;/h4-5,7-8,17,19-20H,6,9-14H2,1-3H3,(H2,23,24,25);1H. The molecule has 1 aromatic rings. The molecule has 2 heterocycles. The van der Waals surface area contributed by atoms with Crippen LogP contribution in [0.5, 0.6) is 0 Å². The van der Waals surface area contributed by atoms with Crippen molar-refractivity contribution < 1.29 is 9.53 Å². The summed E-state index contributed by atoms with van der Waals surface area (Å²) in [6.07, 6.45) is 2.85. The van der Waals surface area contributed by atoms with Crippen molar-refractivity contribution in [2.45, 2.75) is 58.3 Å². The molecule has 0 bridgehead atoms. The lowest BCUT2D eigenvalue weighted by Gasteiger charge is -2.54. The van der Waals surface area contributed by atoms with Gasteiger partial charge in [0.25, 0.3) is 0 Å². The minimum Gasteiger partial charge on any atom is -0.377 e. The Labute approximate surface area is 190 Å². The first-order valence-corrected chi connectivity index (χ1v) is 10.4. The van der Waals surface area contributed by atoms with Gasteiger partial charge in [-0.15, -0.1) is 24.0 Å². The van der Waals surface area contributed by atoms with E-state index in [2.05, 4.69) is 41.6 Å². The average Bonchev–Trinajstić information content (AvgIpc) is 3.32. The van der Waals surface area contributed by atoms with Crippen LogP contribution in [0.1, 0.15) is 44.2 Å². The maximum atomic E-state index is 12.5. The molecule has 1 saturated heterocycles. The summed E-state index contributed by atoms with van der Waals surface area (Å²) in [5, 5.41) is 6.96. The second-order valence-electron chi connectivity index (χ2n) is 8.81. The van der Waals surface area contributed by atoms with Crippen LogP contribution in [0.4, 0.5) is 0 Å². The molecule has 4 rings (SSSR count). The number of nitrogens with one attached hydrogen (secondary N) is 2. The van der Waals surface area contributed by atoms with Crippen molar-refractivity contribution >= 4 is 35.8 Å². The fraction of sp³-hybridized carbons (Fsp3) is 0.636. The Morgan fingerprint density at radius 1 is 1.28 bits per heavy atom. The molecule has 29 heavy (non-hydrogen) atoms. The lowest BCUT2D eigenvalue weighted by atomic mass is 9.57. The van der Waals surface area contributed by atoms with Crippen LogP contribution in [0.25, 0.3) is 0 Å². The Morgan fingerprint density at radius 3 is 2.62 bits per heavy atom. The molecule has 0 aromatic heterocycles. The van der Waals surface area contributed by atoms with E-state index in [9.17, 15) is 4.79 Å². The molecule has 2 fully saturated rings. The predicted octanol–water partition coefficient (Wildman–Crippen LogP) is 2.91. The fourth-order valence-electron chi connectivity index (χ4n) is 5.07. The molecule has 1 aliphatic carbocycles. The van der Waals surface area contributed by atoms with E-state index in [-0.39, 0.29) is 35.3 Å². The van der Waals surface area contributed by atoms with Crippen molar-refractivity contribution in [1.29, 1.82) is 0 Å². The number of fused-ring (bicyclic) bond motifs is 2. The number of hydrogen-bond donors (Lipinski definition) is 2. The van der Waals surface area contributed by atoms with Gasteiger partial charge < -0.3 is 20.3 Å². The zero-order valence-corrected chi connectivity index (χ0v) is 19.9. The smallest absolute Gasteiger partial charge is 0.223 e. The molecule has 7 heteroatoms. The third-order valence-corrected chi connectivity index (χ3v) is 6.67. The molecular formula is C22H33IN4O2. The number of aliphatic imine (C=N–C) groups is 1. The number of guanidine groups is 1. The number of amides is 1. The largest absolute Gasteiger partial charge is 0.377 e. The number of ether oxygens (including phenoxy) is 1. The maximum Gasteiger partial charge on any atom is 0.223 e.